The van der Waals surface area contributed by atoms with Crippen molar-refractivity contribution >= 4 is 21.6 Å². The molecule has 136 valence electrons. The molecule has 0 radical (unpaired) electrons. The van der Waals surface area contributed by atoms with Crippen LogP contribution in [0.25, 0.3) is 21.7 Å². The predicted molar refractivity (Wildman–Crippen MR) is 103 cm³/mol. The summed E-state index contributed by atoms with van der Waals surface area (Å²) < 4.78 is 12.4. The first-order valence-electron chi connectivity index (χ1n) is 8.81. The van der Waals surface area contributed by atoms with Crippen molar-refractivity contribution in [2.45, 2.75) is 25.8 Å². The van der Waals surface area contributed by atoms with Crippen molar-refractivity contribution in [3.05, 3.63) is 63.3 Å². The molecule has 6 nitrogen and oxygen atoms in total. The van der Waals surface area contributed by atoms with E-state index in [1.807, 2.05) is 24.3 Å². The zero-order chi connectivity index (χ0) is 18.4. The van der Waals surface area contributed by atoms with E-state index in [9.17, 15) is 4.79 Å². The third-order valence-corrected chi connectivity index (χ3v) is 6.11. The number of thiophene rings is 1. The number of methoxy groups -OCH3 is 1. The average Bonchev–Trinajstić information content (AvgIpc) is 3.40. The van der Waals surface area contributed by atoms with Gasteiger partial charge in [-0.15, -0.1) is 11.3 Å². The minimum Gasteiger partial charge on any atom is -0.497 e. The Balaban J connectivity index is 1.46. The Bertz CT molecular complexity index is 1190. The Morgan fingerprint density at radius 3 is 2.93 bits per heavy atom. The first-order chi connectivity index (χ1) is 13.2. The Kier molecular flexibility index (Phi) is 3.82. The molecule has 5 rings (SSSR count). The third-order valence-electron chi connectivity index (χ3n) is 4.91. The molecule has 27 heavy (non-hydrogen) atoms. The van der Waals surface area contributed by atoms with Crippen molar-refractivity contribution in [3.63, 3.8) is 0 Å². The molecule has 0 aliphatic heterocycles. The van der Waals surface area contributed by atoms with Crippen LogP contribution >= 0.6 is 11.3 Å². The van der Waals surface area contributed by atoms with Gasteiger partial charge in [0, 0.05) is 10.4 Å². The Morgan fingerprint density at radius 1 is 1.26 bits per heavy atom. The quantitative estimate of drug-likeness (QED) is 0.541. The zero-order valence-electron chi connectivity index (χ0n) is 14.8. The van der Waals surface area contributed by atoms with Crippen LogP contribution in [0.1, 0.15) is 22.6 Å². The standard InChI is InChI=1S/C20H17N3O3S/c1-25-14-7-5-12(6-8-14)18-22-13(10-26-18)9-23-11-21-19-17(20(23)24)15-3-2-4-16(15)27-19/h5-8,10-11H,2-4,9H2,1H3. The molecule has 0 amide bonds. The molecule has 0 N–H and O–H groups in total. The molecule has 0 saturated carbocycles. The van der Waals surface area contributed by atoms with E-state index in [0.717, 1.165) is 40.8 Å². The summed E-state index contributed by atoms with van der Waals surface area (Å²) in [5.74, 6) is 1.30. The summed E-state index contributed by atoms with van der Waals surface area (Å²) in [6, 6.07) is 7.50. The van der Waals surface area contributed by atoms with Gasteiger partial charge in [0.2, 0.25) is 5.89 Å². The second-order valence-corrected chi connectivity index (χ2v) is 7.67. The fourth-order valence-electron chi connectivity index (χ4n) is 3.55. The number of hydrogen-bond acceptors (Lipinski definition) is 6. The van der Waals surface area contributed by atoms with Crippen LogP contribution in [0.4, 0.5) is 0 Å². The Hall–Kier alpha value is -2.93. The van der Waals surface area contributed by atoms with Gasteiger partial charge < -0.3 is 9.15 Å². The van der Waals surface area contributed by atoms with E-state index in [-0.39, 0.29) is 5.56 Å². The van der Waals surface area contributed by atoms with Crippen LogP contribution < -0.4 is 10.3 Å². The van der Waals surface area contributed by atoms with E-state index >= 15 is 0 Å². The van der Waals surface area contributed by atoms with Gasteiger partial charge in [0.1, 0.15) is 16.8 Å². The number of oxazole rings is 1. The van der Waals surface area contributed by atoms with Gasteiger partial charge in [-0.25, -0.2) is 9.97 Å². The number of benzene rings is 1. The largest absolute Gasteiger partial charge is 0.497 e. The molecule has 0 saturated heterocycles. The molecule has 7 heteroatoms. The summed E-state index contributed by atoms with van der Waals surface area (Å²) in [4.78, 5) is 24.1. The molecule has 0 bridgehead atoms. The van der Waals surface area contributed by atoms with Gasteiger partial charge in [0.25, 0.3) is 5.56 Å². The van der Waals surface area contributed by atoms with Crippen LogP contribution in [-0.2, 0) is 19.4 Å². The van der Waals surface area contributed by atoms with Crippen molar-refractivity contribution in [2.75, 3.05) is 7.11 Å². The van der Waals surface area contributed by atoms with Crippen LogP contribution in [0.2, 0.25) is 0 Å². The summed E-state index contributed by atoms with van der Waals surface area (Å²) in [6.07, 6.45) is 6.36. The lowest BCUT2D eigenvalue weighted by Gasteiger charge is -2.03. The van der Waals surface area contributed by atoms with Gasteiger partial charge >= 0.3 is 0 Å². The van der Waals surface area contributed by atoms with Crippen LogP contribution in [0, 0.1) is 0 Å². The van der Waals surface area contributed by atoms with E-state index < -0.39 is 0 Å². The van der Waals surface area contributed by atoms with E-state index in [0.29, 0.717) is 18.1 Å². The van der Waals surface area contributed by atoms with Crippen molar-refractivity contribution < 1.29 is 9.15 Å². The highest BCUT2D eigenvalue weighted by molar-refractivity contribution is 7.18. The number of hydrogen-bond donors (Lipinski definition) is 0. The molecule has 3 aromatic heterocycles. The van der Waals surface area contributed by atoms with Crippen molar-refractivity contribution in [1.29, 1.82) is 0 Å². The highest BCUT2D eigenvalue weighted by atomic mass is 32.1. The SMILES string of the molecule is COc1ccc(-c2nc(Cn3cnc4sc5c(c4c3=O)CCC5)co2)cc1. The molecule has 3 heterocycles. The van der Waals surface area contributed by atoms with Gasteiger partial charge in [0.05, 0.1) is 31.1 Å². The Labute approximate surface area is 159 Å². The lowest BCUT2D eigenvalue weighted by Crippen LogP contribution is -2.21. The average molecular weight is 379 g/mol. The summed E-state index contributed by atoms with van der Waals surface area (Å²) >= 11 is 1.65. The van der Waals surface area contributed by atoms with Gasteiger partial charge in [-0.1, -0.05) is 0 Å². The van der Waals surface area contributed by atoms with E-state index in [4.69, 9.17) is 9.15 Å². The molecule has 0 spiro atoms. The second-order valence-electron chi connectivity index (χ2n) is 6.59. The lowest BCUT2D eigenvalue weighted by atomic mass is 10.2. The highest BCUT2D eigenvalue weighted by Gasteiger charge is 2.21. The number of fused-ring (bicyclic) bond motifs is 3. The number of aryl methyl sites for hydroxylation is 2. The van der Waals surface area contributed by atoms with Crippen LogP contribution in [0.3, 0.4) is 0 Å². The Morgan fingerprint density at radius 2 is 2.11 bits per heavy atom. The van der Waals surface area contributed by atoms with Gasteiger partial charge in [-0.05, 0) is 49.1 Å². The first kappa shape index (κ1) is 16.3. The monoisotopic (exact) mass is 379 g/mol. The lowest BCUT2D eigenvalue weighted by molar-refractivity contribution is 0.415. The van der Waals surface area contributed by atoms with Crippen molar-refractivity contribution in [1.82, 2.24) is 14.5 Å². The van der Waals surface area contributed by atoms with E-state index in [1.165, 1.54) is 10.4 Å². The molecule has 1 aromatic carbocycles. The molecule has 1 aliphatic rings. The van der Waals surface area contributed by atoms with Gasteiger partial charge in [-0.3, -0.25) is 9.36 Å². The topological polar surface area (TPSA) is 70.2 Å². The maximum atomic E-state index is 13.0. The van der Waals surface area contributed by atoms with Crippen LogP contribution in [0.5, 0.6) is 5.75 Å². The minimum absolute atomic E-state index is 0.00778. The smallest absolute Gasteiger partial charge is 0.262 e. The van der Waals surface area contributed by atoms with Crippen molar-refractivity contribution in [3.8, 4) is 17.2 Å². The molecular weight excluding hydrogens is 362 g/mol. The predicted octanol–water partition coefficient (Wildman–Crippen LogP) is 3.66. The summed E-state index contributed by atoms with van der Waals surface area (Å²) in [6.45, 7) is 0.339. The van der Waals surface area contributed by atoms with Gasteiger partial charge in [0.15, 0.2) is 0 Å². The number of rotatable bonds is 4. The number of nitrogens with zero attached hydrogens (tertiary/aromatic N) is 3. The number of aromatic nitrogens is 3. The second kappa shape index (κ2) is 6.35. The minimum atomic E-state index is 0.00778. The normalized spacial score (nSPS) is 13.2. The van der Waals surface area contributed by atoms with Gasteiger partial charge in [-0.2, -0.15) is 0 Å². The summed E-state index contributed by atoms with van der Waals surface area (Å²) in [5.41, 5.74) is 2.75. The third kappa shape index (κ3) is 2.75. The molecule has 4 aromatic rings. The molecule has 0 atom stereocenters. The van der Waals surface area contributed by atoms with E-state index in [2.05, 4.69) is 9.97 Å². The maximum absolute atomic E-state index is 13.0. The van der Waals surface area contributed by atoms with Crippen LogP contribution in [0.15, 0.2) is 46.1 Å². The maximum Gasteiger partial charge on any atom is 0.262 e. The fraction of sp³-hybridized carbons (Fsp3) is 0.250. The van der Waals surface area contributed by atoms with Crippen LogP contribution in [-0.4, -0.2) is 21.6 Å². The summed E-state index contributed by atoms with van der Waals surface area (Å²) in [7, 11) is 1.63. The molecule has 0 unspecified atom stereocenters. The fourth-order valence-corrected chi connectivity index (χ4v) is 4.77. The molecule has 0 fully saturated rings. The molecule has 1 aliphatic carbocycles. The molecular formula is C20H17N3O3S. The zero-order valence-corrected chi connectivity index (χ0v) is 15.6. The first-order valence-corrected chi connectivity index (χ1v) is 9.63. The summed E-state index contributed by atoms with van der Waals surface area (Å²) in [5, 5.41) is 0.786. The number of ether oxygens (including phenoxy) is 1. The van der Waals surface area contributed by atoms with E-state index in [1.54, 1.807) is 35.6 Å². The van der Waals surface area contributed by atoms with Crippen molar-refractivity contribution in [2.24, 2.45) is 0 Å². The highest BCUT2D eigenvalue weighted by Crippen LogP contribution is 2.34.